The molecule has 0 amide bonds. The number of anilines is 1. The van der Waals surface area contributed by atoms with E-state index in [4.69, 9.17) is 5.26 Å². The molecule has 2 heterocycles. The smallest absolute Gasteiger partial charge is 0.137 e. The lowest BCUT2D eigenvalue weighted by molar-refractivity contribution is 0.627. The highest BCUT2D eigenvalue weighted by Crippen LogP contribution is 2.17. The lowest BCUT2D eigenvalue weighted by Crippen LogP contribution is -2.01. The van der Waals surface area contributed by atoms with Crippen molar-refractivity contribution in [3.05, 3.63) is 65.4 Å². The van der Waals surface area contributed by atoms with E-state index >= 15 is 0 Å². The Balaban J connectivity index is 1.84. The summed E-state index contributed by atoms with van der Waals surface area (Å²) >= 11 is 0. The average Bonchev–Trinajstić information content (AvgIpc) is 2.90. The minimum atomic E-state index is -0.416. The van der Waals surface area contributed by atoms with Crippen LogP contribution in [-0.2, 0) is 6.54 Å². The zero-order chi connectivity index (χ0) is 14.8. The number of aromatic nitrogens is 2. The Labute approximate surface area is 121 Å². The quantitative estimate of drug-likeness (QED) is 0.801. The number of hydrogen-bond acceptors (Lipinski definition) is 3. The Hall–Kier alpha value is -2.87. The molecule has 0 saturated heterocycles. The van der Waals surface area contributed by atoms with E-state index < -0.39 is 5.82 Å². The van der Waals surface area contributed by atoms with Gasteiger partial charge in [-0.25, -0.2) is 9.37 Å². The van der Waals surface area contributed by atoms with E-state index in [9.17, 15) is 4.39 Å². The summed E-state index contributed by atoms with van der Waals surface area (Å²) in [5.74, 6) is -0.416. The summed E-state index contributed by atoms with van der Waals surface area (Å²) in [6.45, 7) is 2.49. The summed E-state index contributed by atoms with van der Waals surface area (Å²) in [6.07, 6.45) is 1.95. The third-order valence-corrected chi connectivity index (χ3v) is 3.31. The second-order valence-electron chi connectivity index (χ2n) is 4.78. The molecule has 0 saturated carbocycles. The van der Waals surface area contributed by atoms with Crippen molar-refractivity contribution >= 4 is 11.3 Å². The van der Waals surface area contributed by atoms with Gasteiger partial charge in [0.15, 0.2) is 0 Å². The summed E-state index contributed by atoms with van der Waals surface area (Å²) < 4.78 is 15.1. The van der Waals surface area contributed by atoms with Crippen LogP contribution in [0.15, 0.2) is 42.6 Å². The number of nitrogens with one attached hydrogen (secondary N) is 1. The van der Waals surface area contributed by atoms with Gasteiger partial charge in [0.25, 0.3) is 0 Å². The molecule has 0 aliphatic heterocycles. The van der Waals surface area contributed by atoms with E-state index in [1.54, 1.807) is 6.07 Å². The summed E-state index contributed by atoms with van der Waals surface area (Å²) in [5.41, 5.74) is 3.73. The summed E-state index contributed by atoms with van der Waals surface area (Å²) in [5, 5.41) is 12.1. The van der Waals surface area contributed by atoms with Crippen LogP contribution in [0.25, 0.3) is 5.65 Å². The standard InChI is InChI=1S/C16H13FN4/c1-11-3-2-4-16-20-14(10-21(11)16)9-19-15-6-5-13(17)7-12(15)8-18/h2-7,10,19H,9H2,1H3. The van der Waals surface area contributed by atoms with Gasteiger partial charge in [-0.05, 0) is 37.3 Å². The molecule has 0 fully saturated rings. The molecule has 0 atom stereocenters. The van der Waals surface area contributed by atoms with E-state index in [1.165, 1.54) is 12.1 Å². The molecule has 0 unspecified atom stereocenters. The van der Waals surface area contributed by atoms with Crippen molar-refractivity contribution < 1.29 is 4.39 Å². The van der Waals surface area contributed by atoms with Gasteiger partial charge >= 0.3 is 0 Å². The van der Waals surface area contributed by atoms with Gasteiger partial charge in [0.2, 0.25) is 0 Å². The number of nitrogens with zero attached hydrogens (tertiary/aromatic N) is 3. The normalized spacial score (nSPS) is 10.5. The molecule has 4 nitrogen and oxygen atoms in total. The molecular formula is C16H13FN4. The van der Waals surface area contributed by atoms with E-state index in [0.29, 0.717) is 12.2 Å². The fraction of sp³-hybridized carbons (Fsp3) is 0.125. The Bertz CT molecular complexity index is 845. The predicted octanol–water partition coefficient (Wildman–Crippen LogP) is 3.27. The fourth-order valence-electron chi connectivity index (χ4n) is 2.23. The third kappa shape index (κ3) is 2.56. The molecule has 3 rings (SSSR count). The predicted molar refractivity (Wildman–Crippen MR) is 78.4 cm³/mol. The molecule has 0 bridgehead atoms. The molecular weight excluding hydrogens is 267 g/mol. The Morgan fingerprint density at radius 2 is 2.19 bits per heavy atom. The number of fused-ring (bicyclic) bond motifs is 1. The van der Waals surface area contributed by atoms with Crippen LogP contribution < -0.4 is 5.32 Å². The van der Waals surface area contributed by atoms with Crippen LogP contribution in [0, 0.1) is 24.1 Å². The molecule has 104 valence electrons. The molecule has 1 aromatic carbocycles. The second-order valence-corrected chi connectivity index (χ2v) is 4.78. The first-order chi connectivity index (χ1) is 10.2. The second kappa shape index (κ2) is 5.25. The zero-order valence-corrected chi connectivity index (χ0v) is 11.5. The first-order valence-corrected chi connectivity index (χ1v) is 6.54. The van der Waals surface area contributed by atoms with E-state index in [0.717, 1.165) is 17.0 Å². The molecule has 21 heavy (non-hydrogen) atoms. The molecule has 0 spiro atoms. The van der Waals surface area contributed by atoms with Crippen molar-refractivity contribution in [3.63, 3.8) is 0 Å². The van der Waals surface area contributed by atoms with Crippen molar-refractivity contribution in [2.75, 3.05) is 5.32 Å². The maximum atomic E-state index is 13.1. The number of imidazole rings is 1. The van der Waals surface area contributed by atoms with Crippen LogP contribution in [0.3, 0.4) is 0 Å². The monoisotopic (exact) mass is 280 g/mol. The largest absolute Gasteiger partial charge is 0.378 e. The third-order valence-electron chi connectivity index (χ3n) is 3.31. The zero-order valence-electron chi connectivity index (χ0n) is 11.5. The first-order valence-electron chi connectivity index (χ1n) is 6.54. The number of pyridine rings is 1. The van der Waals surface area contributed by atoms with Crippen LogP contribution in [0.1, 0.15) is 17.0 Å². The fourth-order valence-corrected chi connectivity index (χ4v) is 2.23. The highest BCUT2D eigenvalue weighted by molar-refractivity contribution is 5.57. The summed E-state index contributed by atoms with van der Waals surface area (Å²) in [4.78, 5) is 4.51. The molecule has 2 aromatic heterocycles. The van der Waals surface area contributed by atoms with E-state index in [1.807, 2.05) is 41.8 Å². The first kappa shape index (κ1) is 13.1. The van der Waals surface area contributed by atoms with Crippen molar-refractivity contribution in [2.45, 2.75) is 13.5 Å². The number of benzene rings is 1. The highest BCUT2D eigenvalue weighted by atomic mass is 19.1. The van der Waals surface area contributed by atoms with E-state index in [2.05, 4.69) is 10.3 Å². The number of aryl methyl sites for hydroxylation is 1. The van der Waals surface area contributed by atoms with Gasteiger partial charge < -0.3 is 9.72 Å². The summed E-state index contributed by atoms with van der Waals surface area (Å²) in [7, 11) is 0. The maximum Gasteiger partial charge on any atom is 0.137 e. The summed E-state index contributed by atoms with van der Waals surface area (Å²) in [6, 6.07) is 12.0. The van der Waals surface area contributed by atoms with E-state index in [-0.39, 0.29) is 5.56 Å². The number of nitriles is 1. The van der Waals surface area contributed by atoms with Crippen molar-refractivity contribution in [1.29, 1.82) is 5.26 Å². The van der Waals surface area contributed by atoms with Crippen LogP contribution >= 0.6 is 0 Å². The van der Waals surface area contributed by atoms with Gasteiger partial charge in [-0.2, -0.15) is 5.26 Å². The lowest BCUT2D eigenvalue weighted by Gasteiger charge is -2.06. The van der Waals surface area contributed by atoms with Crippen molar-refractivity contribution in [1.82, 2.24) is 9.38 Å². The molecule has 0 radical (unpaired) electrons. The van der Waals surface area contributed by atoms with Crippen molar-refractivity contribution in [3.8, 4) is 6.07 Å². The SMILES string of the molecule is Cc1cccc2nc(CNc3ccc(F)cc3C#N)cn12. The van der Waals surface area contributed by atoms with Crippen LogP contribution in [-0.4, -0.2) is 9.38 Å². The van der Waals surface area contributed by atoms with Crippen LogP contribution in [0.5, 0.6) is 0 Å². The lowest BCUT2D eigenvalue weighted by atomic mass is 10.2. The Kier molecular flexibility index (Phi) is 3.28. The Morgan fingerprint density at radius 3 is 2.95 bits per heavy atom. The van der Waals surface area contributed by atoms with Gasteiger partial charge in [-0.15, -0.1) is 0 Å². The maximum absolute atomic E-state index is 13.1. The van der Waals surface area contributed by atoms with Gasteiger partial charge in [0, 0.05) is 11.9 Å². The Morgan fingerprint density at radius 1 is 1.33 bits per heavy atom. The number of hydrogen-bond donors (Lipinski definition) is 1. The highest BCUT2D eigenvalue weighted by Gasteiger charge is 2.06. The van der Waals surface area contributed by atoms with Crippen molar-refractivity contribution in [2.24, 2.45) is 0 Å². The molecule has 3 aromatic rings. The topological polar surface area (TPSA) is 53.1 Å². The minimum absolute atomic E-state index is 0.287. The average molecular weight is 280 g/mol. The van der Waals surface area contributed by atoms with Gasteiger partial charge in [-0.1, -0.05) is 6.07 Å². The van der Waals surface area contributed by atoms with Crippen LogP contribution in [0.4, 0.5) is 10.1 Å². The molecule has 1 N–H and O–H groups in total. The van der Waals surface area contributed by atoms with Gasteiger partial charge in [-0.3, -0.25) is 0 Å². The molecule has 5 heteroatoms. The van der Waals surface area contributed by atoms with Gasteiger partial charge in [0.05, 0.1) is 23.5 Å². The number of halogens is 1. The van der Waals surface area contributed by atoms with Gasteiger partial charge in [0.1, 0.15) is 17.5 Å². The minimum Gasteiger partial charge on any atom is -0.378 e. The molecule has 0 aliphatic carbocycles. The molecule has 0 aliphatic rings. The number of rotatable bonds is 3. The van der Waals surface area contributed by atoms with Crippen LogP contribution in [0.2, 0.25) is 0 Å².